The molecule has 19 heavy (non-hydrogen) atoms. The first kappa shape index (κ1) is 18.6. The lowest BCUT2D eigenvalue weighted by atomic mass is 10.0. The molecular weight excluding hydrogens is 268 g/mol. The quantitative estimate of drug-likeness (QED) is 0.646. The number of halogens is 1. The second kappa shape index (κ2) is 9.53. The number of nitrogens with one attached hydrogen (secondary N) is 2. The van der Waals surface area contributed by atoms with E-state index in [1.807, 2.05) is 6.92 Å². The van der Waals surface area contributed by atoms with Crippen LogP contribution in [0.2, 0.25) is 0 Å². The van der Waals surface area contributed by atoms with Gasteiger partial charge in [0.05, 0.1) is 18.2 Å². The molecule has 3 unspecified atom stereocenters. The summed E-state index contributed by atoms with van der Waals surface area (Å²) in [5, 5.41) is 15.2. The van der Waals surface area contributed by atoms with Crippen molar-refractivity contribution in [3.05, 3.63) is 0 Å². The second-order valence-corrected chi connectivity index (χ2v) is 5.17. The lowest BCUT2D eigenvalue weighted by Crippen LogP contribution is -2.41. The summed E-state index contributed by atoms with van der Waals surface area (Å²) >= 11 is 0. The van der Waals surface area contributed by atoms with Crippen LogP contribution < -0.4 is 10.6 Å². The van der Waals surface area contributed by atoms with Crippen molar-refractivity contribution in [3.8, 4) is 0 Å². The fourth-order valence-corrected chi connectivity index (χ4v) is 2.20. The number of rotatable bonds is 7. The van der Waals surface area contributed by atoms with E-state index in [1.165, 1.54) is 0 Å². The lowest BCUT2D eigenvalue weighted by molar-refractivity contribution is -0.123. The highest BCUT2D eigenvalue weighted by Crippen LogP contribution is 2.10. The van der Waals surface area contributed by atoms with E-state index in [9.17, 15) is 9.90 Å². The van der Waals surface area contributed by atoms with Crippen molar-refractivity contribution < 1.29 is 14.6 Å². The average molecular weight is 295 g/mol. The van der Waals surface area contributed by atoms with Crippen LogP contribution in [0.25, 0.3) is 0 Å². The highest BCUT2D eigenvalue weighted by Gasteiger charge is 2.27. The van der Waals surface area contributed by atoms with E-state index in [1.54, 1.807) is 0 Å². The van der Waals surface area contributed by atoms with Gasteiger partial charge < -0.3 is 20.5 Å². The Morgan fingerprint density at radius 2 is 2.21 bits per heavy atom. The second-order valence-electron chi connectivity index (χ2n) is 5.17. The summed E-state index contributed by atoms with van der Waals surface area (Å²) in [7, 11) is 0. The van der Waals surface area contributed by atoms with Gasteiger partial charge in [0.1, 0.15) is 0 Å². The first-order chi connectivity index (χ1) is 8.54. The maximum Gasteiger partial charge on any atom is 0.237 e. The van der Waals surface area contributed by atoms with Gasteiger partial charge in [0.25, 0.3) is 0 Å². The standard InChI is InChI=1S/C13H26N2O3.ClH/c1-4-18-12(9(2)3)5-6-14-13(17)11-7-10(16)8-15-11;/h9-12,15-16H,4-8H2,1-3H3,(H,14,17);1H. The third kappa shape index (κ3) is 6.56. The predicted octanol–water partition coefficient (Wildman–Crippen LogP) is 0.698. The van der Waals surface area contributed by atoms with Crippen LogP contribution >= 0.6 is 12.4 Å². The largest absolute Gasteiger partial charge is 0.392 e. The molecule has 5 nitrogen and oxygen atoms in total. The molecule has 1 saturated heterocycles. The molecule has 1 amide bonds. The topological polar surface area (TPSA) is 70.6 Å². The zero-order valence-electron chi connectivity index (χ0n) is 12.0. The highest BCUT2D eigenvalue weighted by atomic mass is 35.5. The molecule has 1 fully saturated rings. The molecule has 6 heteroatoms. The molecule has 0 bridgehead atoms. The number of β-amino-alcohol motifs (C(OH)–C–C–N with tert-alkyl or cyclic N) is 1. The van der Waals surface area contributed by atoms with Gasteiger partial charge in [-0.05, 0) is 25.7 Å². The van der Waals surface area contributed by atoms with Gasteiger partial charge in [0.2, 0.25) is 5.91 Å². The Hall–Kier alpha value is -0.360. The summed E-state index contributed by atoms with van der Waals surface area (Å²) in [5.41, 5.74) is 0. The van der Waals surface area contributed by atoms with Crippen LogP contribution in [0.1, 0.15) is 33.6 Å². The van der Waals surface area contributed by atoms with Crippen molar-refractivity contribution in [1.29, 1.82) is 0 Å². The average Bonchev–Trinajstić information content (AvgIpc) is 2.74. The minimum absolute atomic E-state index is 0. The van der Waals surface area contributed by atoms with Crippen molar-refractivity contribution in [2.45, 2.75) is 51.9 Å². The fourth-order valence-electron chi connectivity index (χ4n) is 2.20. The van der Waals surface area contributed by atoms with Gasteiger partial charge in [-0.1, -0.05) is 13.8 Å². The Labute approximate surface area is 121 Å². The van der Waals surface area contributed by atoms with Gasteiger partial charge in [-0.3, -0.25) is 4.79 Å². The van der Waals surface area contributed by atoms with Crippen LogP contribution in [-0.2, 0) is 9.53 Å². The maximum absolute atomic E-state index is 11.8. The minimum atomic E-state index is -0.396. The monoisotopic (exact) mass is 294 g/mol. The fraction of sp³-hybridized carbons (Fsp3) is 0.923. The normalized spacial score (nSPS) is 24.1. The number of hydrogen-bond donors (Lipinski definition) is 3. The predicted molar refractivity (Wildman–Crippen MR) is 77.5 cm³/mol. The molecule has 0 radical (unpaired) electrons. The number of carbonyl (C=O) groups is 1. The van der Waals surface area contributed by atoms with Crippen molar-refractivity contribution in [1.82, 2.24) is 10.6 Å². The van der Waals surface area contributed by atoms with E-state index in [4.69, 9.17) is 4.74 Å². The highest BCUT2D eigenvalue weighted by molar-refractivity contribution is 5.85. The summed E-state index contributed by atoms with van der Waals surface area (Å²) in [6.45, 7) is 8.06. The molecule has 0 saturated carbocycles. The van der Waals surface area contributed by atoms with Crippen LogP contribution in [0.15, 0.2) is 0 Å². The molecule has 114 valence electrons. The van der Waals surface area contributed by atoms with Crippen LogP contribution in [0, 0.1) is 5.92 Å². The third-order valence-electron chi connectivity index (χ3n) is 3.28. The van der Waals surface area contributed by atoms with Gasteiger partial charge in [-0.2, -0.15) is 0 Å². The zero-order chi connectivity index (χ0) is 13.5. The van der Waals surface area contributed by atoms with Gasteiger partial charge in [0, 0.05) is 19.7 Å². The molecule has 0 spiro atoms. The maximum atomic E-state index is 11.8. The van der Waals surface area contributed by atoms with E-state index in [-0.39, 0.29) is 30.5 Å². The molecule has 1 heterocycles. The Kier molecular flexibility index (Phi) is 9.35. The molecule has 0 aromatic rings. The molecular formula is C13H27ClN2O3. The Morgan fingerprint density at radius 1 is 1.53 bits per heavy atom. The summed E-state index contributed by atoms with van der Waals surface area (Å²) in [4.78, 5) is 11.8. The first-order valence-electron chi connectivity index (χ1n) is 6.85. The Morgan fingerprint density at radius 3 is 2.68 bits per heavy atom. The van der Waals surface area contributed by atoms with E-state index >= 15 is 0 Å². The van der Waals surface area contributed by atoms with E-state index in [0.717, 1.165) is 6.42 Å². The van der Waals surface area contributed by atoms with Gasteiger partial charge >= 0.3 is 0 Å². The number of ether oxygens (including phenoxy) is 1. The van der Waals surface area contributed by atoms with E-state index in [2.05, 4.69) is 24.5 Å². The van der Waals surface area contributed by atoms with Crippen molar-refractivity contribution >= 4 is 18.3 Å². The zero-order valence-corrected chi connectivity index (χ0v) is 12.8. The number of amides is 1. The molecule has 3 N–H and O–H groups in total. The summed E-state index contributed by atoms with van der Waals surface area (Å²) in [5.74, 6) is 0.429. The Bertz CT molecular complexity index is 264. The lowest BCUT2D eigenvalue weighted by Gasteiger charge is -2.21. The smallest absolute Gasteiger partial charge is 0.237 e. The van der Waals surface area contributed by atoms with Crippen molar-refractivity contribution in [2.75, 3.05) is 19.7 Å². The number of carbonyl (C=O) groups excluding carboxylic acids is 1. The van der Waals surface area contributed by atoms with Crippen LogP contribution in [0.4, 0.5) is 0 Å². The molecule has 0 aromatic heterocycles. The van der Waals surface area contributed by atoms with Gasteiger partial charge in [-0.25, -0.2) is 0 Å². The molecule has 0 aromatic carbocycles. The Balaban J connectivity index is 0.00000324. The number of aliphatic hydroxyl groups excluding tert-OH is 1. The van der Waals surface area contributed by atoms with E-state index < -0.39 is 6.10 Å². The van der Waals surface area contributed by atoms with Crippen LogP contribution in [0.5, 0.6) is 0 Å². The number of aliphatic hydroxyl groups is 1. The van der Waals surface area contributed by atoms with Crippen molar-refractivity contribution in [3.63, 3.8) is 0 Å². The first-order valence-corrected chi connectivity index (χ1v) is 6.85. The molecule has 1 rings (SSSR count). The SMILES string of the molecule is CCOC(CCNC(=O)C1CC(O)CN1)C(C)C.Cl. The van der Waals surface area contributed by atoms with Gasteiger partial charge in [0.15, 0.2) is 0 Å². The van der Waals surface area contributed by atoms with Gasteiger partial charge in [-0.15, -0.1) is 12.4 Å². The summed E-state index contributed by atoms with van der Waals surface area (Å²) < 4.78 is 5.62. The third-order valence-corrected chi connectivity index (χ3v) is 3.28. The molecule has 3 atom stereocenters. The summed E-state index contributed by atoms with van der Waals surface area (Å²) in [6, 6.07) is -0.246. The van der Waals surface area contributed by atoms with Crippen molar-refractivity contribution in [2.24, 2.45) is 5.92 Å². The number of hydrogen-bond acceptors (Lipinski definition) is 4. The van der Waals surface area contributed by atoms with Crippen LogP contribution in [-0.4, -0.2) is 49.0 Å². The minimum Gasteiger partial charge on any atom is -0.392 e. The molecule has 0 aliphatic carbocycles. The van der Waals surface area contributed by atoms with Crippen LogP contribution in [0.3, 0.4) is 0 Å². The molecule has 1 aliphatic heterocycles. The molecule has 1 aliphatic rings. The summed E-state index contributed by atoms with van der Waals surface area (Å²) in [6.07, 6.45) is 1.13. The van der Waals surface area contributed by atoms with E-state index in [0.29, 0.717) is 32.0 Å².